The van der Waals surface area contributed by atoms with Crippen molar-refractivity contribution in [1.82, 2.24) is 5.32 Å². The lowest BCUT2D eigenvalue weighted by molar-refractivity contribution is 0.175. The minimum absolute atomic E-state index is 0.157. The summed E-state index contributed by atoms with van der Waals surface area (Å²) in [6.45, 7) is 2.61. The summed E-state index contributed by atoms with van der Waals surface area (Å²) in [4.78, 5) is 0. The van der Waals surface area contributed by atoms with Crippen LogP contribution in [0.3, 0.4) is 0 Å². The number of rotatable bonds is 3. The molecule has 2 atom stereocenters. The van der Waals surface area contributed by atoms with Gasteiger partial charge in [0, 0.05) is 12.6 Å². The van der Waals surface area contributed by atoms with Crippen LogP contribution in [0.15, 0.2) is 18.2 Å². The summed E-state index contributed by atoms with van der Waals surface area (Å²) in [6.07, 6.45) is 2.34. The average molecular weight is 223 g/mol. The Bertz CT molecular complexity index is 365. The van der Waals surface area contributed by atoms with Crippen LogP contribution in [0.25, 0.3) is 0 Å². The van der Waals surface area contributed by atoms with Gasteiger partial charge in [0.15, 0.2) is 0 Å². The van der Waals surface area contributed by atoms with E-state index in [1.807, 2.05) is 6.07 Å². The highest BCUT2D eigenvalue weighted by Gasteiger charge is 2.18. The van der Waals surface area contributed by atoms with Gasteiger partial charge in [-0.2, -0.15) is 0 Å². The van der Waals surface area contributed by atoms with Gasteiger partial charge in [0.2, 0.25) is 0 Å². The van der Waals surface area contributed by atoms with Crippen molar-refractivity contribution < 1.29 is 9.50 Å². The number of hydrogen-bond donors (Lipinski definition) is 2. The van der Waals surface area contributed by atoms with Gasteiger partial charge in [-0.1, -0.05) is 6.07 Å². The van der Waals surface area contributed by atoms with Crippen LogP contribution in [0.4, 0.5) is 4.39 Å². The first-order valence-electron chi connectivity index (χ1n) is 5.84. The van der Waals surface area contributed by atoms with Gasteiger partial charge in [0.05, 0.1) is 6.10 Å². The van der Waals surface area contributed by atoms with Crippen LogP contribution < -0.4 is 5.32 Å². The molecular weight excluding hydrogens is 205 g/mol. The van der Waals surface area contributed by atoms with E-state index < -0.39 is 0 Å². The molecule has 0 saturated heterocycles. The third-order valence-electron chi connectivity index (χ3n) is 3.15. The monoisotopic (exact) mass is 223 g/mol. The topological polar surface area (TPSA) is 32.3 Å². The molecule has 1 heterocycles. The first-order valence-corrected chi connectivity index (χ1v) is 5.84. The number of halogens is 1. The molecule has 0 spiro atoms. The molecule has 1 aromatic carbocycles. The lowest BCUT2D eigenvalue weighted by Crippen LogP contribution is -2.36. The Hall–Kier alpha value is -0.930. The Morgan fingerprint density at radius 1 is 1.50 bits per heavy atom. The molecule has 0 aliphatic carbocycles. The number of fused-ring (bicyclic) bond motifs is 1. The maximum atomic E-state index is 13.1. The van der Waals surface area contributed by atoms with Crippen LogP contribution >= 0.6 is 0 Å². The van der Waals surface area contributed by atoms with Gasteiger partial charge in [0.1, 0.15) is 5.82 Å². The molecule has 0 radical (unpaired) electrons. The van der Waals surface area contributed by atoms with Crippen LogP contribution in [-0.4, -0.2) is 17.3 Å². The molecule has 0 aromatic heterocycles. The molecule has 1 aliphatic heterocycles. The van der Waals surface area contributed by atoms with Crippen LogP contribution in [0, 0.1) is 5.82 Å². The SMILES string of the molecule is CC(O)CC[C@@H]1Cc2cc(F)ccc2CN1. The summed E-state index contributed by atoms with van der Waals surface area (Å²) >= 11 is 0. The molecule has 1 unspecified atom stereocenters. The maximum absolute atomic E-state index is 13.1. The van der Waals surface area contributed by atoms with E-state index in [-0.39, 0.29) is 11.9 Å². The van der Waals surface area contributed by atoms with Gasteiger partial charge >= 0.3 is 0 Å². The lowest BCUT2D eigenvalue weighted by atomic mass is 9.93. The fourth-order valence-electron chi connectivity index (χ4n) is 2.20. The Morgan fingerprint density at radius 2 is 2.31 bits per heavy atom. The van der Waals surface area contributed by atoms with Crippen molar-refractivity contribution in [1.29, 1.82) is 0 Å². The molecule has 0 amide bonds. The predicted molar refractivity (Wildman–Crippen MR) is 61.6 cm³/mol. The standard InChI is InChI=1S/C13H18FNO/c1-9(16)2-5-13-7-11-6-12(14)4-3-10(11)8-15-13/h3-4,6,9,13,15-16H,2,5,7-8H2,1H3/t9?,13-/m1/s1. The Morgan fingerprint density at radius 3 is 3.06 bits per heavy atom. The smallest absolute Gasteiger partial charge is 0.123 e. The highest BCUT2D eigenvalue weighted by molar-refractivity contribution is 5.30. The largest absolute Gasteiger partial charge is 0.393 e. The summed E-state index contributed by atoms with van der Waals surface area (Å²) < 4.78 is 13.1. The molecule has 88 valence electrons. The number of aliphatic hydroxyl groups excluding tert-OH is 1. The van der Waals surface area contributed by atoms with Crippen LogP contribution in [0.1, 0.15) is 30.9 Å². The molecular formula is C13H18FNO. The van der Waals surface area contributed by atoms with Gasteiger partial charge in [-0.05, 0) is 49.4 Å². The molecule has 2 nitrogen and oxygen atoms in total. The van der Waals surface area contributed by atoms with Crippen molar-refractivity contribution in [3.63, 3.8) is 0 Å². The van der Waals surface area contributed by atoms with E-state index in [0.717, 1.165) is 31.4 Å². The highest BCUT2D eigenvalue weighted by atomic mass is 19.1. The molecule has 2 rings (SSSR count). The van der Waals surface area contributed by atoms with Crippen molar-refractivity contribution in [3.8, 4) is 0 Å². The molecule has 1 aromatic rings. The van der Waals surface area contributed by atoms with Crippen molar-refractivity contribution in [2.45, 2.75) is 44.9 Å². The quantitative estimate of drug-likeness (QED) is 0.821. The Labute approximate surface area is 95.5 Å². The first kappa shape index (κ1) is 11.6. The molecule has 2 N–H and O–H groups in total. The second-order valence-corrected chi connectivity index (χ2v) is 4.62. The van der Waals surface area contributed by atoms with Crippen LogP contribution in [-0.2, 0) is 13.0 Å². The van der Waals surface area contributed by atoms with E-state index in [2.05, 4.69) is 5.32 Å². The van der Waals surface area contributed by atoms with Gasteiger partial charge in [-0.15, -0.1) is 0 Å². The molecule has 3 heteroatoms. The second kappa shape index (κ2) is 4.93. The molecule has 16 heavy (non-hydrogen) atoms. The minimum Gasteiger partial charge on any atom is -0.393 e. The fourth-order valence-corrected chi connectivity index (χ4v) is 2.20. The number of hydrogen-bond acceptors (Lipinski definition) is 2. The predicted octanol–water partition coefficient (Wildman–Crippen LogP) is 2.00. The van der Waals surface area contributed by atoms with E-state index in [4.69, 9.17) is 0 Å². The third-order valence-corrected chi connectivity index (χ3v) is 3.15. The maximum Gasteiger partial charge on any atom is 0.123 e. The van der Waals surface area contributed by atoms with Crippen molar-refractivity contribution in [3.05, 3.63) is 35.1 Å². The average Bonchev–Trinajstić information content (AvgIpc) is 2.25. The third kappa shape index (κ3) is 2.80. The summed E-state index contributed by atoms with van der Waals surface area (Å²) in [5.41, 5.74) is 2.30. The number of benzene rings is 1. The molecule has 0 saturated carbocycles. The first-order chi connectivity index (χ1) is 7.65. The normalized spacial score (nSPS) is 21.6. The zero-order valence-corrected chi connectivity index (χ0v) is 9.54. The van der Waals surface area contributed by atoms with Gasteiger partial charge in [0.25, 0.3) is 0 Å². The summed E-state index contributed by atoms with van der Waals surface area (Å²) in [6, 6.07) is 5.36. The van der Waals surface area contributed by atoms with Crippen molar-refractivity contribution in [2.75, 3.05) is 0 Å². The lowest BCUT2D eigenvalue weighted by Gasteiger charge is -2.26. The van der Waals surface area contributed by atoms with E-state index in [1.165, 1.54) is 11.6 Å². The van der Waals surface area contributed by atoms with E-state index >= 15 is 0 Å². The zero-order valence-electron chi connectivity index (χ0n) is 9.54. The minimum atomic E-state index is -0.254. The number of nitrogens with one attached hydrogen (secondary N) is 1. The van der Waals surface area contributed by atoms with Crippen molar-refractivity contribution in [2.24, 2.45) is 0 Å². The van der Waals surface area contributed by atoms with Gasteiger partial charge < -0.3 is 10.4 Å². The molecule has 1 aliphatic rings. The van der Waals surface area contributed by atoms with E-state index in [9.17, 15) is 9.50 Å². The number of aliphatic hydroxyl groups is 1. The van der Waals surface area contributed by atoms with E-state index in [1.54, 1.807) is 13.0 Å². The van der Waals surface area contributed by atoms with E-state index in [0.29, 0.717) is 6.04 Å². The summed E-state index contributed by atoms with van der Waals surface area (Å²) in [7, 11) is 0. The van der Waals surface area contributed by atoms with Gasteiger partial charge in [-0.3, -0.25) is 0 Å². The Kier molecular flexibility index (Phi) is 3.56. The fraction of sp³-hybridized carbons (Fsp3) is 0.538. The van der Waals surface area contributed by atoms with Crippen LogP contribution in [0.5, 0.6) is 0 Å². The van der Waals surface area contributed by atoms with Crippen LogP contribution in [0.2, 0.25) is 0 Å². The summed E-state index contributed by atoms with van der Waals surface area (Å²) in [5, 5.41) is 12.7. The molecule has 0 bridgehead atoms. The summed E-state index contributed by atoms with van der Waals surface area (Å²) in [5.74, 6) is -0.157. The zero-order chi connectivity index (χ0) is 11.5. The van der Waals surface area contributed by atoms with Crippen molar-refractivity contribution >= 4 is 0 Å². The molecule has 0 fully saturated rings. The Balaban J connectivity index is 1.99. The highest BCUT2D eigenvalue weighted by Crippen LogP contribution is 2.20. The second-order valence-electron chi connectivity index (χ2n) is 4.62. The van der Waals surface area contributed by atoms with Gasteiger partial charge in [-0.25, -0.2) is 4.39 Å².